The molecule has 0 atom stereocenters. The number of hydrogen-bond donors (Lipinski definition) is 1. The maximum atomic E-state index is 11.1. The van der Waals surface area contributed by atoms with Gasteiger partial charge >= 0.3 is 5.69 Å². The van der Waals surface area contributed by atoms with Crippen LogP contribution in [0.15, 0.2) is 18.2 Å². The van der Waals surface area contributed by atoms with E-state index in [1.165, 1.54) is 6.07 Å². The molecule has 98 valence electrons. The molecule has 0 amide bonds. The molecule has 1 aliphatic rings. The van der Waals surface area contributed by atoms with E-state index < -0.39 is 10.5 Å². The number of halogens is 1. The molecule has 0 aromatic heterocycles. The average molecular weight is 271 g/mol. The van der Waals surface area contributed by atoms with Crippen LogP contribution in [0.5, 0.6) is 0 Å². The molecule has 0 unspecified atom stereocenters. The van der Waals surface area contributed by atoms with Crippen molar-refractivity contribution in [2.75, 3.05) is 18.0 Å². The molecule has 1 aliphatic heterocycles. The lowest BCUT2D eigenvalue weighted by atomic mass is 9.93. The van der Waals surface area contributed by atoms with Crippen LogP contribution in [0.1, 0.15) is 19.8 Å². The van der Waals surface area contributed by atoms with E-state index in [1.54, 1.807) is 19.1 Å². The highest BCUT2D eigenvalue weighted by atomic mass is 35.5. The van der Waals surface area contributed by atoms with Gasteiger partial charge in [-0.15, -0.1) is 0 Å². The minimum atomic E-state index is -0.677. The van der Waals surface area contributed by atoms with Crippen LogP contribution in [-0.2, 0) is 0 Å². The summed E-state index contributed by atoms with van der Waals surface area (Å²) < 4.78 is 0. The number of para-hydroxylation sites is 1. The molecule has 0 radical (unpaired) electrons. The van der Waals surface area contributed by atoms with Crippen molar-refractivity contribution in [1.29, 1.82) is 0 Å². The predicted octanol–water partition coefficient (Wildman–Crippen LogP) is 2.60. The molecule has 1 heterocycles. The van der Waals surface area contributed by atoms with Crippen LogP contribution in [0.25, 0.3) is 0 Å². The monoisotopic (exact) mass is 270 g/mol. The molecule has 2 rings (SSSR count). The highest BCUT2D eigenvalue weighted by Crippen LogP contribution is 2.37. The first-order valence-electron chi connectivity index (χ1n) is 5.81. The van der Waals surface area contributed by atoms with Crippen molar-refractivity contribution in [2.24, 2.45) is 0 Å². The Morgan fingerprint density at radius 1 is 1.44 bits per heavy atom. The zero-order chi connectivity index (χ0) is 13.3. The van der Waals surface area contributed by atoms with Gasteiger partial charge in [0.2, 0.25) is 0 Å². The third kappa shape index (κ3) is 2.57. The molecule has 6 heteroatoms. The van der Waals surface area contributed by atoms with Crippen molar-refractivity contribution in [2.45, 2.75) is 25.4 Å². The summed E-state index contributed by atoms with van der Waals surface area (Å²) >= 11 is 5.88. The SMILES string of the molecule is CC1(O)CCN(c2cccc(Cl)c2[N+](=O)[O-])CC1. The van der Waals surface area contributed by atoms with Crippen molar-refractivity contribution in [3.8, 4) is 0 Å². The second-order valence-corrected chi connectivity index (χ2v) is 5.26. The van der Waals surface area contributed by atoms with Crippen molar-refractivity contribution in [3.05, 3.63) is 33.3 Å². The largest absolute Gasteiger partial charge is 0.390 e. The number of benzene rings is 1. The predicted molar refractivity (Wildman–Crippen MR) is 70.2 cm³/mol. The smallest absolute Gasteiger partial charge is 0.310 e. The van der Waals surface area contributed by atoms with E-state index in [4.69, 9.17) is 11.6 Å². The van der Waals surface area contributed by atoms with Gasteiger partial charge in [0.25, 0.3) is 0 Å². The van der Waals surface area contributed by atoms with E-state index in [1.807, 2.05) is 4.90 Å². The van der Waals surface area contributed by atoms with E-state index >= 15 is 0 Å². The first-order chi connectivity index (χ1) is 8.41. The minimum Gasteiger partial charge on any atom is -0.390 e. The van der Waals surface area contributed by atoms with Gasteiger partial charge in [-0.25, -0.2) is 0 Å². The second kappa shape index (κ2) is 4.74. The van der Waals surface area contributed by atoms with Crippen LogP contribution >= 0.6 is 11.6 Å². The van der Waals surface area contributed by atoms with E-state index in [9.17, 15) is 15.2 Å². The fourth-order valence-corrected chi connectivity index (χ4v) is 2.41. The Balaban J connectivity index is 2.30. The van der Waals surface area contributed by atoms with Gasteiger partial charge in [-0.05, 0) is 31.9 Å². The quantitative estimate of drug-likeness (QED) is 0.663. The van der Waals surface area contributed by atoms with Gasteiger partial charge in [0.1, 0.15) is 10.7 Å². The van der Waals surface area contributed by atoms with Crippen LogP contribution in [0.4, 0.5) is 11.4 Å². The van der Waals surface area contributed by atoms with Gasteiger partial charge in [-0.2, -0.15) is 0 Å². The van der Waals surface area contributed by atoms with Crippen LogP contribution in [-0.4, -0.2) is 28.7 Å². The van der Waals surface area contributed by atoms with Crippen molar-refractivity contribution in [1.82, 2.24) is 0 Å². The van der Waals surface area contributed by atoms with Crippen molar-refractivity contribution < 1.29 is 10.0 Å². The molecular weight excluding hydrogens is 256 g/mol. The van der Waals surface area contributed by atoms with Gasteiger partial charge in [0, 0.05) is 13.1 Å². The number of nitro benzene ring substituents is 1. The lowest BCUT2D eigenvalue weighted by Gasteiger charge is -2.36. The highest BCUT2D eigenvalue weighted by Gasteiger charge is 2.31. The fourth-order valence-electron chi connectivity index (χ4n) is 2.17. The summed E-state index contributed by atoms with van der Waals surface area (Å²) in [6, 6.07) is 4.92. The fraction of sp³-hybridized carbons (Fsp3) is 0.500. The van der Waals surface area contributed by atoms with Crippen molar-refractivity contribution >= 4 is 23.0 Å². The lowest BCUT2D eigenvalue weighted by molar-refractivity contribution is -0.384. The zero-order valence-corrected chi connectivity index (χ0v) is 10.9. The second-order valence-electron chi connectivity index (χ2n) is 4.85. The summed E-state index contributed by atoms with van der Waals surface area (Å²) in [6.07, 6.45) is 1.19. The van der Waals surface area contributed by atoms with E-state index in [0.29, 0.717) is 31.6 Å². The molecule has 1 aromatic carbocycles. The standard InChI is InChI=1S/C12H15ClN2O3/c1-12(16)5-7-14(8-6-12)10-4-2-3-9(13)11(10)15(17)18/h2-4,16H,5-8H2,1H3. The summed E-state index contributed by atoms with van der Waals surface area (Å²) in [5.41, 5.74) is -0.201. The Labute approximate surface area is 110 Å². The third-order valence-electron chi connectivity index (χ3n) is 3.33. The topological polar surface area (TPSA) is 66.6 Å². The molecule has 0 saturated carbocycles. The number of nitro groups is 1. The molecular formula is C12H15ClN2O3. The Kier molecular flexibility index (Phi) is 3.45. The molecule has 1 aromatic rings. The molecule has 18 heavy (non-hydrogen) atoms. The van der Waals surface area contributed by atoms with Crippen LogP contribution in [0.3, 0.4) is 0 Å². The summed E-state index contributed by atoms with van der Waals surface area (Å²) in [6.45, 7) is 2.97. The van der Waals surface area contributed by atoms with Crippen LogP contribution < -0.4 is 4.90 Å². The molecule has 1 fully saturated rings. The highest BCUT2D eigenvalue weighted by molar-refractivity contribution is 6.33. The number of piperidine rings is 1. The number of anilines is 1. The Hall–Kier alpha value is -1.33. The molecule has 0 bridgehead atoms. The van der Waals surface area contributed by atoms with Gasteiger partial charge in [0.05, 0.1) is 10.5 Å². The molecule has 1 saturated heterocycles. The van der Waals surface area contributed by atoms with Gasteiger partial charge in [-0.3, -0.25) is 10.1 Å². The molecule has 1 N–H and O–H groups in total. The van der Waals surface area contributed by atoms with E-state index in [-0.39, 0.29) is 10.7 Å². The van der Waals surface area contributed by atoms with E-state index in [0.717, 1.165) is 0 Å². The lowest BCUT2D eigenvalue weighted by Crippen LogP contribution is -2.42. The zero-order valence-electron chi connectivity index (χ0n) is 10.1. The van der Waals surface area contributed by atoms with Gasteiger partial charge in [-0.1, -0.05) is 17.7 Å². The normalized spacial score (nSPS) is 18.7. The minimum absolute atomic E-state index is 0.0549. The summed E-state index contributed by atoms with van der Waals surface area (Å²) in [5, 5.41) is 21.1. The average Bonchev–Trinajstić information content (AvgIpc) is 2.28. The number of aliphatic hydroxyl groups is 1. The van der Waals surface area contributed by atoms with E-state index in [2.05, 4.69) is 0 Å². The summed E-state index contributed by atoms with van der Waals surface area (Å²) in [5.74, 6) is 0. The van der Waals surface area contributed by atoms with Gasteiger partial charge < -0.3 is 10.0 Å². The third-order valence-corrected chi connectivity index (χ3v) is 3.63. The van der Waals surface area contributed by atoms with Crippen LogP contribution in [0.2, 0.25) is 5.02 Å². The molecule has 5 nitrogen and oxygen atoms in total. The Bertz CT molecular complexity index is 466. The summed E-state index contributed by atoms with van der Waals surface area (Å²) in [7, 11) is 0. The molecule has 0 spiro atoms. The first-order valence-corrected chi connectivity index (χ1v) is 6.19. The molecule has 0 aliphatic carbocycles. The maximum absolute atomic E-state index is 11.1. The van der Waals surface area contributed by atoms with Gasteiger partial charge in [0.15, 0.2) is 0 Å². The van der Waals surface area contributed by atoms with Crippen LogP contribution in [0, 0.1) is 10.1 Å². The number of rotatable bonds is 2. The number of hydrogen-bond acceptors (Lipinski definition) is 4. The van der Waals surface area contributed by atoms with Crippen molar-refractivity contribution in [3.63, 3.8) is 0 Å². The Morgan fingerprint density at radius 2 is 2.06 bits per heavy atom. The maximum Gasteiger partial charge on any atom is 0.310 e. The first kappa shape index (κ1) is 13.1. The summed E-state index contributed by atoms with van der Waals surface area (Å²) in [4.78, 5) is 12.5. The Morgan fingerprint density at radius 3 is 2.61 bits per heavy atom. The number of nitrogens with zero attached hydrogens (tertiary/aromatic N) is 2.